The first-order valence-corrected chi connectivity index (χ1v) is 9.00. The number of amides is 1. The largest absolute Gasteiger partial charge is 0.453 e. The summed E-state index contributed by atoms with van der Waals surface area (Å²) in [4.78, 5) is 38.2. The molecule has 3 atom stereocenters. The Labute approximate surface area is 154 Å². The zero-order chi connectivity index (χ0) is 19.3. The van der Waals surface area contributed by atoms with Crippen LogP contribution in [-0.2, 0) is 19.1 Å². The molecule has 1 aliphatic heterocycles. The van der Waals surface area contributed by atoms with Gasteiger partial charge in [0.25, 0.3) is 5.91 Å². The summed E-state index contributed by atoms with van der Waals surface area (Å²) in [5.74, 6) is -0.886. The van der Waals surface area contributed by atoms with Crippen molar-refractivity contribution >= 4 is 17.7 Å². The zero-order valence-electron chi connectivity index (χ0n) is 15.9. The normalized spacial score (nSPS) is 21.2. The van der Waals surface area contributed by atoms with Crippen molar-refractivity contribution in [2.45, 2.75) is 58.8 Å². The summed E-state index contributed by atoms with van der Waals surface area (Å²) < 4.78 is 10.8. The van der Waals surface area contributed by atoms with E-state index in [0.29, 0.717) is 18.7 Å². The Balaban J connectivity index is 1.80. The lowest BCUT2D eigenvalue weighted by Gasteiger charge is -2.36. The molecule has 1 aliphatic rings. The van der Waals surface area contributed by atoms with Crippen LogP contribution >= 0.6 is 0 Å². The van der Waals surface area contributed by atoms with Gasteiger partial charge in [0.05, 0.1) is 18.6 Å². The second-order valence-electron chi connectivity index (χ2n) is 6.92. The molecule has 1 heterocycles. The van der Waals surface area contributed by atoms with E-state index in [0.717, 1.165) is 5.56 Å². The molecule has 3 unspecified atom stereocenters. The van der Waals surface area contributed by atoms with Crippen molar-refractivity contribution in [3.8, 4) is 0 Å². The number of ether oxygens (including phenoxy) is 2. The highest BCUT2D eigenvalue weighted by atomic mass is 16.5. The fourth-order valence-electron chi connectivity index (χ4n) is 3.02. The van der Waals surface area contributed by atoms with Crippen molar-refractivity contribution in [1.82, 2.24) is 4.90 Å². The second kappa shape index (κ2) is 8.94. The molecule has 0 spiro atoms. The molecule has 1 saturated heterocycles. The van der Waals surface area contributed by atoms with Crippen LogP contribution in [0.2, 0.25) is 0 Å². The number of esters is 1. The molecule has 0 radical (unpaired) electrons. The van der Waals surface area contributed by atoms with Crippen molar-refractivity contribution in [2.75, 3.05) is 13.1 Å². The van der Waals surface area contributed by atoms with Crippen LogP contribution in [0, 0.1) is 6.92 Å². The van der Waals surface area contributed by atoms with Gasteiger partial charge in [-0.15, -0.1) is 0 Å². The van der Waals surface area contributed by atoms with Gasteiger partial charge >= 0.3 is 5.97 Å². The molecule has 0 aromatic heterocycles. The van der Waals surface area contributed by atoms with E-state index in [1.165, 1.54) is 0 Å². The summed E-state index contributed by atoms with van der Waals surface area (Å²) in [6.45, 7) is 8.29. The molecule has 1 fully saturated rings. The van der Waals surface area contributed by atoms with E-state index in [1.807, 2.05) is 32.9 Å². The van der Waals surface area contributed by atoms with Crippen LogP contribution in [0.3, 0.4) is 0 Å². The monoisotopic (exact) mass is 361 g/mol. The van der Waals surface area contributed by atoms with Crippen molar-refractivity contribution in [3.05, 3.63) is 35.4 Å². The average Bonchev–Trinajstić information content (AvgIpc) is 2.58. The molecular formula is C20H27NO5. The molecule has 1 aromatic rings. The van der Waals surface area contributed by atoms with Crippen LogP contribution in [0.4, 0.5) is 0 Å². The maximum Gasteiger partial charge on any atom is 0.307 e. The number of carbonyl (C=O) groups excluding carboxylic acids is 3. The van der Waals surface area contributed by atoms with Gasteiger partial charge in [0.2, 0.25) is 0 Å². The molecule has 0 N–H and O–H groups in total. The molecular weight excluding hydrogens is 334 g/mol. The van der Waals surface area contributed by atoms with Gasteiger partial charge in [-0.1, -0.05) is 29.8 Å². The Kier molecular flexibility index (Phi) is 6.91. The van der Waals surface area contributed by atoms with Crippen LogP contribution in [0.1, 0.15) is 49.5 Å². The predicted octanol–water partition coefficient (Wildman–Crippen LogP) is 2.53. The number of ketones is 1. The van der Waals surface area contributed by atoms with E-state index < -0.39 is 12.1 Å². The minimum absolute atomic E-state index is 0.0414. The zero-order valence-corrected chi connectivity index (χ0v) is 15.9. The number of Topliss-reactive ketones (excluding diaryl/α,β-unsaturated/α-hetero) is 1. The lowest BCUT2D eigenvalue weighted by atomic mass is 10.1. The molecule has 1 aromatic carbocycles. The quantitative estimate of drug-likeness (QED) is 0.575. The van der Waals surface area contributed by atoms with E-state index in [2.05, 4.69) is 0 Å². The van der Waals surface area contributed by atoms with Gasteiger partial charge in [0.1, 0.15) is 0 Å². The first kappa shape index (κ1) is 20.1. The van der Waals surface area contributed by atoms with Crippen LogP contribution in [0.5, 0.6) is 0 Å². The third-order valence-corrected chi connectivity index (χ3v) is 4.32. The van der Waals surface area contributed by atoms with Crippen molar-refractivity contribution in [1.29, 1.82) is 0 Å². The van der Waals surface area contributed by atoms with Gasteiger partial charge in [0.15, 0.2) is 11.9 Å². The molecule has 0 aliphatic carbocycles. The summed E-state index contributed by atoms with van der Waals surface area (Å²) >= 11 is 0. The molecule has 26 heavy (non-hydrogen) atoms. The third kappa shape index (κ3) is 5.66. The molecule has 0 saturated carbocycles. The Bertz CT molecular complexity index is 645. The standard InChI is InChI=1S/C20H27NO5/c1-13-5-7-17(8-6-13)18(22)9-10-19(23)26-16(4)20(24)21-11-14(2)25-15(3)12-21/h5-8,14-16H,9-12H2,1-4H3. The number of benzene rings is 1. The maximum absolute atomic E-state index is 12.4. The van der Waals surface area contributed by atoms with Gasteiger partial charge in [0, 0.05) is 25.1 Å². The molecule has 6 nitrogen and oxygen atoms in total. The van der Waals surface area contributed by atoms with Gasteiger partial charge in [-0.3, -0.25) is 14.4 Å². The summed E-state index contributed by atoms with van der Waals surface area (Å²) in [7, 11) is 0. The van der Waals surface area contributed by atoms with Crippen LogP contribution < -0.4 is 0 Å². The number of morpholine rings is 1. The first-order valence-electron chi connectivity index (χ1n) is 9.00. The van der Waals surface area contributed by atoms with E-state index in [9.17, 15) is 14.4 Å². The summed E-state index contributed by atoms with van der Waals surface area (Å²) in [6, 6.07) is 7.21. The number of hydrogen-bond donors (Lipinski definition) is 0. The Morgan fingerprint density at radius 1 is 1.12 bits per heavy atom. The lowest BCUT2D eigenvalue weighted by Crippen LogP contribution is -2.51. The Morgan fingerprint density at radius 3 is 2.27 bits per heavy atom. The van der Waals surface area contributed by atoms with Gasteiger partial charge < -0.3 is 14.4 Å². The smallest absolute Gasteiger partial charge is 0.307 e. The van der Waals surface area contributed by atoms with Gasteiger partial charge in [-0.2, -0.15) is 0 Å². The fraction of sp³-hybridized carbons (Fsp3) is 0.550. The van der Waals surface area contributed by atoms with E-state index in [4.69, 9.17) is 9.47 Å². The third-order valence-electron chi connectivity index (χ3n) is 4.32. The second-order valence-corrected chi connectivity index (χ2v) is 6.92. The topological polar surface area (TPSA) is 72.9 Å². The molecule has 2 rings (SSSR count). The predicted molar refractivity (Wildman–Crippen MR) is 96.9 cm³/mol. The Morgan fingerprint density at radius 2 is 1.69 bits per heavy atom. The number of aryl methyl sites for hydroxylation is 1. The van der Waals surface area contributed by atoms with Crippen molar-refractivity contribution < 1.29 is 23.9 Å². The first-order chi connectivity index (χ1) is 12.3. The van der Waals surface area contributed by atoms with Crippen molar-refractivity contribution in [2.24, 2.45) is 0 Å². The highest BCUT2D eigenvalue weighted by Crippen LogP contribution is 2.14. The maximum atomic E-state index is 12.4. The average molecular weight is 361 g/mol. The molecule has 0 bridgehead atoms. The molecule has 6 heteroatoms. The highest BCUT2D eigenvalue weighted by molar-refractivity contribution is 5.97. The number of rotatable bonds is 6. The number of hydrogen-bond acceptors (Lipinski definition) is 5. The van der Waals surface area contributed by atoms with E-state index in [-0.39, 0.29) is 36.7 Å². The number of nitrogens with zero attached hydrogens (tertiary/aromatic N) is 1. The summed E-state index contributed by atoms with van der Waals surface area (Å²) in [5.41, 5.74) is 1.64. The molecule has 1 amide bonds. The van der Waals surface area contributed by atoms with Crippen LogP contribution in [0.25, 0.3) is 0 Å². The Hall–Kier alpha value is -2.21. The SMILES string of the molecule is Cc1ccc(C(=O)CCC(=O)OC(C)C(=O)N2CC(C)OC(C)C2)cc1. The van der Waals surface area contributed by atoms with Gasteiger partial charge in [-0.05, 0) is 27.7 Å². The van der Waals surface area contributed by atoms with Crippen LogP contribution in [0.15, 0.2) is 24.3 Å². The number of carbonyl (C=O) groups is 3. The van der Waals surface area contributed by atoms with Crippen molar-refractivity contribution in [3.63, 3.8) is 0 Å². The highest BCUT2D eigenvalue weighted by Gasteiger charge is 2.30. The molecule has 142 valence electrons. The van der Waals surface area contributed by atoms with E-state index in [1.54, 1.807) is 24.0 Å². The van der Waals surface area contributed by atoms with E-state index >= 15 is 0 Å². The minimum atomic E-state index is -0.866. The minimum Gasteiger partial charge on any atom is -0.453 e. The summed E-state index contributed by atoms with van der Waals surface area (Å²) in [5, 5.41) is 0. The summed E-state index contributed by atoms with van der Waals surface area (Å²) in [6.07, 6.45) is -0.931. The van der Waals surface area contributed by atoms with Crippen LogP contribution in [-0.4, -0.2) is 54.0 Å². The lowest BCUT2D eigenvalue weighted by molar-refractivity contribution is -0.164. The fourth-order valence-corrected chi connectivity index (χ4v) is 3.02. The van der Waals surface area contributed by atoms with Gasteiger partial charge in [-0.25, -0.2) is 0 Å².